The van der Waals surface area contributed by atoms with Crippen molar-refractivity contribution in [1.29, 1.82) is 0 Å². The topological polar surface area (TPSA) is 29.9 Å². The fourth-order valence-corrected chi connectivity index (χ4v) is 1.72. The molecule has 3 nitrogen and oxygen atoms in total. The molecule has 0 amide bonds. The highest BCUT2D eigenvalue weighted by atomic mass is 15.3. The first-order chi connectivity index (χ1) is 6.07. The maximum atomic E-state index is 4.30. The van der Waals surface area contributed by atoms with Crippen LogP contribution in [0.25, 0.3) is 0 Å². The van der Waals surface area contributed by atoms with Crippen LogP contribution in [0.5, 0.6) is 0 Å². The van der Waals surface area contributed by atoms with Crippen LogP contribution in [-0.2, 0) is 13.1 Å². The molecule has 1 aromatic heterocycles. The van der Waals surface area contributed by atoms with Crippen LogP contribution in [0.4, 0.5) is 0 Å². The summed E-state index contributed by atoms with van der Waals surface area (Å²) in [6.45, 7) is 8.73. The molecule has 1 aliphatic heterocycles. The quantitative estimate of drug-likeness (QED) is 0.652. The van der Waals surface area contributed by atoms with E-state index in [9.17, 15) is 0 Å². The molecule has 0 saturated carbocycles. The van der Waals surface area contributed by atoms with Gasteiger partial charge in [-0.05, 0) is 11.5 Å². The third-order valence-corrected chi connectivity index (χ3v) is 2.73. The van der Waals surface area contributed by atoms with Crippen LogP contribution in [0, 0.1) is 5.41 Å². The van der Waals surface area contributed by atoms with Crippen molar-refractivity contribution < 1.29 is 0 Å². The highest BCUT2D eigenvalue weighted by Crippen LogP contribution is 2.23. The van der Waals surface area contributed by atoms with E-state index < -0.39 is 0 Å². The van der Waals surface area contributed by atoms with Crippen LogP contribution in [0.1, 0.15) is 26.5 Å². The normalized spacial score (nSPS) is 22.8. The maximum Gasteiger partial charge on any atom is 0.0571 e. The molecule has 1 N–H and O–H groups in total. The zero-order valence-electron chi connectivity index (χ0n) is 8.54. The van der Waals surface area contributed by atoms with Gasteiger partial charge in [0.15, 0.2) is 0 Å². The summed E-state index contributed by atoms with van der Waals surface area (Å²) in [5.74, 6) is 0. The zero-order chi connectivity index (χ0) is 9.47. The van der Waals surface area contributed by atoms with Gasteiger partial charge < -0.3 is 5.32 Å². The molecule has 1 aromatic rings. The lowest BCUT2D eigenvalue weighted by Gasteiger charge is -2.35. The summed E-state index contributed by atoms with van der Waals surface area (Å²) < 4.78 is 2.10. The molecule has 2 heterocycles. The molecule has 3 heteroatoms. The Morgan fingerprint density at radius 1 is 1.54 bits per heavy atom. The predicted molar refractivity (Wildman–Crippen MR) is 52.3 cm³/mol. The van der Waals surface area contributed by atoms with Gasteiger partial charge in [-0.3, -0.25) is 4.68 Å². The third kappa shape index (κ3) is 1.61. The minimum atomic E-state index is 0.309. The van der Waals surface area contributed by atoms with E-state index in [2.05, 4.69) is 41.9 Å². The Balaban J connectivity index is 2.18. The molecule has 13 heavy (non-hydrogen) atoms. The smallest absolute Gasteiger partial charge is 0.0571 e. The van der Waals surface area contributed by atoms with Crippen LogP contribution in [0.3, 0.4) is 0 Å². The molecule has 0 aromatic carbocycles. The highest BCUT2D eigenvalue weighted by molar-refractivity contribution is 5.04. The molecule has 0 fully saturated rings. The average Bonchev–Trinajstić information content (AvgIpc) is 2.47. The van der Waals surface area contributed by atoms with Gasteiger partial charge >= 0.3 is 0 Å². The predicted octanol–water partition coefficient (Wildman–Crippen LogP) is 1.40. The van der Waals surface area contributed by atoms with E-state index in [4.69, 9.17) is 0 Å². The summed E-state index contributed by atoms with van der Waals surface area (Å²) in [6.07, 6.45) is 1.88. The summed E-state index contributed by atoms with van der Waals surface area (Å²) in [5, 5.41) is 7.84. The van der Waals surface area contributed by atoms with E-state index in [0.717, 1.165) is 13.1 Å². The van der Waals surface area contributed by atoms with Crippen molar-refractivity contribution in [3.63, 3.8) is 0 Å². The van der Waals surface area contributed by atoms with Gasteiger partial charge in [-0.1, -0.05) is 20.8 Å². The molecule has 0 aliphatic carbocycles. The molecule has 1 unspecified atom stereocenters. The van der Waals surface area contributed by atoms with E-state index in [1.807, 2.05) is 6.20 Å². The Labute approximate surface area is 79.1 Å². The number of aromatic nitrogens is 2. The highest BCUT2D eigenvalue weighted by Gasteiger charge is 2.28. The summed E-state index contributed by atoms with van der Waals surface area (Å²) in [4.78, 5) is 0. The second-order valence-corrected chi connectivity index (χ2v) is 4.80. The van der Waals surface area contributed by atoms with Gasteiger partial charge in [-0.15, -0.1) is 0 Å². The molecule has 0 radical (unpaired) electrons. The lowest BCUT2D eigenvalue weighted by Crippen LogP contribution is -2.47. The molecule has 0 saturated heterocycles. The van der Waals surface area contributed by atoms with Crippen LogP contribution < -0.4 is 5.32 Å². The molecule has 72 valence electrons. The number of fused-ring (bicyclic) bond motifs is 1. The average molecular weight is 179 g/mol. The Hall–Kier alpha value is -0.830. The Morgan fingerprint density at radius 2 is 2.31 bits per heavy atom. The van der Waals surface area contributed by atoms with Crippen molar-refractivity contribution in [2.75, 3.05) is 0 Å². The van der Waals surface area contributed by atoms with Gasteiger partial charge in [0.05, 0.1) is 12.2 Å². The standard InChI is InChI=1S/C10H17N3/c1-10(2,3)9-7-13-8(6-11-9)4-5-12-13/h4-5,9,11H,6-7H2,1-3H3. The summed E-state index contributed by atoms with van der Waals surface area (Å²) in [7, 11) is 0. The van der Waals surface area contributed by atoms with Gasteiger partial charge in [0.2, 0.25) is 0 Å². The second-order valence-electron chi connectivity index (χ2n) is 4.80. The first-order valence-electron chi connectivity index (χ1n) is 4.81. The maximum absolute atomic E-state index is 4.30. The van der Waals surface area contributed by atoms with Crippen molar-refractivity contribution in [1.82, 2.24) is 15.1 Å². The van der Waals surface area contributed by atoms with Gasteiger partial charge in [0.1, 0.15) is 0 Å². The SMILES string of the molecule is CC(C)(C)C1Cn2nccc2CN1. The van der Waals surface area contributed by atoms with E-state index in [1.54, 1.807) is 0 Å². The lowest BCUT2D eigenvalue weighted by atomic mass is 9.86. The third-order valence-electron chi connectivity index (χ3n) is 2.73. The fraction of sp³-hybridized carbons (Fsp3) is 0.700. The zero-order valence-corrected chi connectivity index (χ0v) is 8.54. The Bertz CT molecular complexity index is 295. The fourth-order valence-electron chi connectivity index (χ4n) is 1.72. The van der Waals surface area contributed by atoms with Crippen LogP contribution in [0.2, 0.25) is 0 Å². The van der Waals surface area contributed by atoms with Crippen molar-refractivity contribution >= 4 is 0 Å². The van der Waals surface area contributed by atoms with Crippen LogP contribution in [-0.4, -0.2) is 15.8 Å². The largest absolute Gasteiger partial charge is 0.306 e. The van der Waals surface area contributed by atoms with Gasteiger partial charge in [0.25, 0.3) is 0 Å². The monoisotopic (exact) mass is 179 g/mol. The number of rotatable bonds is 0. The van der Waals surface area contributed by atoms with Crippen LogP contribution >= 0.6 is 0 Å². The second kappa shape index (κ2) is 2.84. The van der Waals surface area contributed by atoms with Crippen molar-refractivity contribution in [2.24, 2.45) is 5.41 Å². The van der Waals surface area contributed by atoms with Gasteiger partial charge in [-0.25, -0.2) is 0 Å². The van der Waals surface area contributed by atoms with E-state index >= 15 is 0 Å². The Kier molecular flexibility index (Phi) is 1.91. The first kappa shape index (κ1) is 8.75. The Morgan fingerprint density at radius 3 is 3.00 bits per heavy atom. The number of hydrogen-bond donors (Lipinski definition) is 1. The minimum Gasteiger partial charge on any atom is -0.306 e. The minimum absolute atomic E-state index is 0.309. The first-order valence-corrected chi connectivity index (χ1v) is 4.81. The van der Waals surface area contributed by atoms with Crippen molar-refractivity contribution in [2.45, 2.75) is 39.9 Å². The number of hydrogen-bond acceptors (Lipinski definition) is 2. The molecule has 1 aliphatic rings. The lowest BCUT2D eigenvalue weighted by molar-refractivity contribution is 0.211. The summed E-state index contributed by atoms with van der Waals surface area (Å²) >= 11 is 0. The summed E-state index contributed by atoms with van der Waals surface area (Å²) in [6, 6.07) is 2.60. The number of nitrogens with zero attached hydrogens (tertiary/aromatic N) is 2. The molecular weight excluding hydrogens is 162 g/mol. The van der Waals surface area contributed by atoms with Gasteiger partial charge in [-0.2, -0.15) is 5.10 Å². The van der Waals surface area contributed by atoms with E-state index in [1.165, 1.54) is 5.69 Å². The molecule has 1 atom stereocenters. The van der Waals surface area contributed by atoms with Crippen molar-refractivity contribution in [3.05, 3.63) is 18.0 Å². The number of nitrogens with one attached hydrogen (secondary N) is 1. The molecule has 0 spiro atoms. The van der Waals surface area contributed by atoms with E-state index in [-0.39, 0.29) is 0 Å². The van der Waals surface area contributed by atoms with E-state index in [0.29, 0.717) is 11.5 Å². The van der Waals surface area contributed by atoms with Gasteiger partial charge in [0, 0.05) is 18.8 Å². The van der Waals surface area contributed by atoms with Crippen molar-refractivity contribution in [3.8, 4) is 0 Å². The molecular formula is C10H17N3. The molecule has 2 rings (SSSR count). The summed E-state index contributed by atoms with van der Waals surface area (Å²) in [5.41, 5.74) is 1.60. The van der Waals surface area contributed by atoms with Crippen LogP contribution in [0.15, 0.2) is 12.3 Å². The molecule has 0 bridgehead atoms.